The molecule has 1 unspecified atom stereocenters. The molecule has 0 aromatic carbocycles. The van der Waals surface area contributed by atoms with Crippen molar-refractivity contribution in [3.8, 4) is 0 Å². The molecule has 0 bridgehead atoms. The van der Waals surface area contributed by atoms with Crippen LogP contribution in [0.4, 0.5) is 0 Å². The van der Waals surface area contributed by atoms with Crippen molar-refractivity contribution in [2.75, 3.05) is 4.66 Å². The van der Waals surface area contributed by atoms with Gasteiger partial charge in [0.15, 0.2) is 0 Å². The minimum absolute atomic E-state index is 0.0137. The molecule has 0 fully saturated rings. The van der Waals surface area contributed by atoms with Crippen LogP contribution in [0.3, 0.4) is 0 Å². The zero-order chi connectivity index (χ0) is 9.03. The normalized spacial score (nSPS) is 24.2. The first-order valence-electron chi connectivity index (χ1n) is 3.85. The van der Waals surface area contributed by atoms with Crippen molar-refractivity contribution in [3.05, 3.63) is 12.2 Å². The molecule has 70 valence electrons. The van der Waals surface area contributed by atoms with Crippen molar-refractivity contribution in [2.45, 2.75) is 25.3 Å². The Morgan fingerprint density at radius 1 is 1.50 bits per heavy atom. The first-order valence-corrected chi connectivity index (χ1v) is 6.62. The Morgan fingerprint density at radius 2 is 2.25 bits per heavy atom. The fourth-order valence-electron chi connectivity index (χ4n) is 1.19. The maximum Gasteiger partial charge on any atom is 0.221 e. The molecule has 0 aromatic heterocycles. The molecule has 1 N–H and O–H groups in total. The molecule has 0 saturated carbocycles. The van der Waals surface area contributed by atoms with Crippen molar-refractivity contribution < 1.29 is 8.42 Å². The lowest BCUT2D eigenvalue weighted by Gasteiger charge is -2.18. The van der Waals surface area contributed by atoms with Gasteiger partial charge < -0.3 is 0 Å². The second kappa shape index (κ2) is 4.39. The summed E-state index contributed by atoms with van der Waals surface area (Å²) in [6, 6.07) is 0.0950. The van der Waals surface area contributed by atoms with Gasteiger partial charge >= 0.3 is 0 Å². The van der Waals surface area contributed by atoms with Crippen molar-refractivity contribution in [1.82, 2.24) is 4.72 Å². The van der Waals surface area contributed by atoms with Crippen LogP contribution in [-0.4, -0.2) is 19.1 Å². The highest BCUT2D eigenvalue weighted by atomic mass is 79.9. The molecule has 1 aliphatic rings. The van der Waals surface area contributed by atoms with Gasteiger partial charge in [-0.2, -0.15) is 0 Å². The van der Waals surface area contributed by atoms with E-state index in [1.807, 2.05) is 6.08 Å². The average molecular weight is 254 g/mol. The highest BCUT2D eigenvalue weighted by molar-refractivity contribution is 9.10. The zero-order valence-electron chi connectivity index (χ0n) is 6.66. The standard InChI is InChI=1S/C7H12BrNO2S/c8-6-12(10,11)9-7-4-2-1-3-5-7/h1-2,7,9H,3-6H2. The van der Waals surface area contributed by atoms with E-state index in [9.17, 15) is 8.42 Å². The van der Waals surface area contributed by atoms with Gasteiger partial charge in [0.25, 0.3) is 0 Å². The number of halogens is 1. The number of rotatable bonds is 3. The molecule has 12 heavy (non-hydrogen) atoms. The molecule has 3 nitrogen and oxygen atoms in total. The summed E-state index contributed by atoms with van der Waals surface area (Å²) >= 11 is 2.93. The van der Waals surface area contributed by atoms with Crippen LogP contribution in [0.2, 0.25) is 0 Å². The van der Waals surface area contributed by atoms with Crippen LogP contribution in [0.15, 0.2) is 12.2 Å². The maximum absolute atomic E-state index is 11.1. The molecule has 1 atom stereocenters. The lowest BCUT2D eigenvalue weighted by molar-refractivity contribution is 0.525. The van der Waals surface area contributed by atoms with E-state index in [-0.39, 0.29) is 10.7 Å². The number of alkyl halides is 1. The van der Waals surface area contributed by atoms with E-state index in [1.54, 1.807) is 0 Å². The number of hydrogen-bond acceptors (Lipinski definition) is 2. The Kier molecular flexibility index (Phi) is 3.74. The predicted octanol–water partition coefficient (Wildman–Crippen LogP) is 1.37. The van der Waals surface area contributed by atoms with Gasteiger partial charge in [-0.3, -0.25) is 0 Å². The first-order chi connectivity index (χ1) is 5.64. The molecule has 0 saturated heterocycles. The number of nitrogens with one attached hydrogen (secondary N) is 1. The van der Waals surface area contributed by atoms with E-state index in [0.29, 0.717) is 0 Å². The average Bonchev–Trinajstić information content (AvgIpc) is 2.06. The molecule has 1 aliphatic carbocycles. The summed E-state index contributed by atoms with van der Waals surface area (Å²) < 4.78 is 24.8. The highest BCUT2D eigenvalue weighted by Gasteiger charge is 2.16. The second-order valence-corrected chi connectivity index (χ2v) is 5.88. The summed E-state index contributed by atoms with van der Waals surface area (Å²) in [7, 11) is -3.09. The van der Waals surface area contributed by atoms with Gasteiger partial charge in [-0.05, 0) is 19.3 Å². The first kappa shape index (κ1) is 10.2. The maximum atomic E-state index is 11.1. The minimum atomic E-state index is -3.09. The Bertz CT molecular complexity index is 261. The summed E-state index contributed by atoms with van der Waals surface area (Å²) in [5.41, 5.74) is 0. The quantitative estimate of drug-likeness (QED) is 0.610. The summed E-state index contributed by atoms with van der Waals surface area (Å²) in [4.78, 5) is 0. The van der Waals surface area contributed by atoms with Crippen molar-refractivity contribution in [3.63, 3.8) is 0 Å². The fraction of sp³-hybridized carbons (Fsp3) is 0.714. The summed E-state index contributed by atoms with van der Waals surface area (Å²) in [5.74, 6) is 0. The van der Waals surface area contributed by atoms with Crippen LogP contribution in [0.5, 0.6) is 0 Å². The largest absolute Gasteiger partial charge is 0.221 e. The van der Waals surface area contributed by atoms with E-state index in [2.05, 4.69) is 26.7 Å². The smallest absolute Gasteiger partial charge is 0.212 e. The van der Waals surface area contributed by atoms with Gasteiger partial charge in [-0.15, -0.1) is 0 Å². The molecule has 0 heterocycles. The highest BCUT2D eigenvalue weighted by Crippen LogP contribution is 2.11. The Hall–Kier alpha value is 0.130. The van der Waals surface area contributed by atoms with E-state index in [4.69, 9.17) is 0 Å². The molecular formula is C7H12BrNO2S. The summed E-state index contributed by atoms with van der Waals surface area (Å²) in [6.45, 7) is 0. The monoisotopic (exact) mass is 253 g/mol. The lowest BCUT2D eigenvalue weighted by atomic mass is 10.0. The van der Waals surface area contributed by atoms with Gasteiger partial charge in [-0.1, -0.05) is 28.1 Å². The van der Waals surface area contributed by atoms with Gasteiger partial charge in [0.05, 0.1) is 0 Å². The van der Waals surface area contributed by atoms with E-state index in [1.165, 1.54) is 0 Å². The lowest BCUT2D eigenvalue weighted by Crippen LogP contribution is -2.35. The third-order valence-corrected chi connectivity index (χ3v) is 4.55. The van der Waals surface area contributed by atoms with Crippen LogP contribution in [-0.2, 0) is 10.0 Å². The van der Waals surface area contributed by atoms with Gasteiger partial charge in [0, 0.05) is 6.04 Å². The van der Waals surface area contributed by atoms with E-state index >= 15 is 0 Å². The molecule has 0 aromatic rings. The number of hydrogen-bond donors (Lipinski definition) is 1. The number of sulfonamides is 1. The molecule has 1 rings (SSSR count). The van der Waals surface area contributed by atoms with Crippen LogP contribution in [0.1, 0.15) is 19.3 Å². The molecule has 0 radical (unpaired) electrons. The van der Waals surface area contributed by atoms with Crippen molar-refractivity contribution >= 4 is 26.0 Å². The van der Waals surface area contributed by atoms with Gasteiger partial charge in [0.2, 0.25) is 10.0 Å². The van der Waals surface area contributed by atoms with Gasteiger partial charge in [-0.25, -0.2) is 13.1 Å². The Labute approximate surface area is 81.4 Å². The number of allylic oxidation sites excluding steroid dienone is 1. The molecule has 0 spiro atoms. The predicted molar refractivity (Wildman–Crippen MR) is 52.6 cm³/mol. The third-order valence-electron chi connectivity index (χ3n) is 1.76. The summed E-state index contributed by atoms with van der Waals surface area (Å²) in [5, 5.41) is 0. The van der Waals surface area contributed by atoms with Crippen LogP contribution >= 0.6 is 15.9 Å². The molecular weight excluding hydrogens is 242 g/mol. The van der Waals surface area contributed by atoms with Crippen molar-refractivity contribution in [1.29, 1.82) is 0 Å². The van der Waals surface area contributed by atoms with Crippen LogP contribution in [0, 0.1) is 0 Å². The van der Waals surface area contributed by atoms with Crippen LogP contribution < -0.4 is 4.72 Å². The van der Waals surface area contributed by atoms with E-state index in [0.717, 1.165) is 19.3 Å². The van der Waals surface area contributed by atoms with Gasteiger partial charge in [0.1, 0.15) is 4.66 Å². The molecule has 5 heteroatoms. The van der Waals surface area contributed by atoms with E-state index < -0.39 is 10.0 Å². The Morgan fingerprint density at radius 3 is 2.75 bits per heavy atom. The Balaban J connectivity index is 2.46. The third kappa shape index (κ3) is 3.25. The topological polar surface area (TPSA) is 46.2 Å². The second-order valence-electron chi connectivity index (χ2n) is 2.82. The fourth-order valence-corrected chi connectivity index (χ4v) is 2.37. The SMILES string of the molecule is O=S(=O)(CBr)NC1CC=CCC1. The van der Waals surface area contributed by atoms with Crippen LogP contribution in [0.25, 0.3) is 0 Å². The summed E-state index contributed by atoms with van der Waals surface area (Å²) in [6.07, 6.45) is 6.79. The molecule has 0 aliphatic heterocycles. The minimum Gasteiger partial charge on any atom is -0.212 e. The molecule has 0 amide bonds. The zero-order valence-corrected chi connectivity index (χ0v) is 9.07. The van der Waals surface area contributed by atoms with Crippen molar-refractivity contribution in [2.24, 2.45) is 0 Å².